The van der Waals surface area contributed by atoms with Gasteiger partial charge in [-0.2, -0.15) is 0 Å². The van der Waals surface area contributed by atoms with Crippen LogP contribution in [0.4, 0.5) is 0 Å². The Morgan fingerprint density at radius 1 is 0.482 bits per heavy atom. The highest BCUT2D eigenvalue weighted by molar-refractivity contribution is 5.79. The fourth-order valence-corrected chi connectivity index (χ4v) is 20.8. The Kier molecular flexibility index (Phi) is 25.7. The molecular formula is C73H114O37. The summed E-state index contributed by atoms with van der Waals surface area (Å²) in [5.41, 5.74) is -5.94. The van der Waals surface area contributed by atoms with E-state index < -0.39 is 297 Å². The van der Waals surface area contributed by atoms with Crippen LogP contribution in [0.15, 0.2) is 12.2 Å². The molecule has 12 aliphatic rings. The summed E-state index contributed by atoms with van der Waals surface area (Å²) in [4.78, 5) is 55.9. The van der Waals surface area contributed by atoms with Crippen molar-refractivity contribution in [2.45, 2.75) is 342 Å². The van der Waals surface area contributed by atoms with Crippen molar-refractivity contribution in [3.05, 3.63) is 12.2 Å². The average molecular weight is 1580 g/mol. The first-order valence-corrected chi connectivity index (χ1v) is 38.3. The molecule has 0 aromatic heterocycles. The lowest BCUT2D eigenvalue weighted by Gasteiger charge is -2.72. The van der Waals surface area contributed by atoms with Gasteiger partial charge in [0, 0.05) is 6.92 Å². The Morgan fingerprint density at radius 3 is 1.59 bits per heavy atom. The molecular weight excluding hydrogens is 1470 g/mol. The van der Waals surface area contributed by atoms with Gasteiger partial charge < -0.3 is 167 Å². The number of hydrogen-bond donors (Lipinski definition) is 17. The molecule has 4 saturated carbocycles. The summed E-state index contributed by atoms with van der Waals surface area (Å²) in [6.07, 6.45) is -54.0. The number of carbonyl (C=O) groups excluding carboxylic acids is 4. The van der Waals surface area contributed by atoms with E-state index in [0.717, 1.165) is 13.2 Å². The minimum atomic E-state index is -2.09. The van der Waals surface area contributed by atoms with E-state index in [1.54, 1.807) is 13.8 Å². The standard InChI is InChI=1S/C73H114O37/c1-11-34-42(83)44(85)49(90)63(101-34)106-56-54(100-29(4)77)28(3)99-65(58(56)108-62-51(92)46(87)53(27(2)98-62)104-59-47(88)40(81)32(78)23-95-59)110-67(94)73-19-18-68(5,6)20-31(73)30-12-13-37-69(7)16-15-39(70(8,25-75)36(69)14-17-71(37,9)72(30,10)21-38(73)80)103-66-57(107-64-50(91)45(86)43(84)35(22-74)102-64)55(52(93)61(109-66)97-26-76)105-60-48(89)41(82)33(79)24-96-60/h12-13,25-28,30-66,74,78-93H,11,14-24H2,1-10H3/t27?,28?,30?,31-,32?,33?,34?,35?,36+,37+,38+,39-,40?,41?,42?,43?,44?,45?,46?,47?,48?,49?,50?,51?,52?,53?,54?,55?,56?,57?,58?,59?,60?,61?,62?,63?,64?,65?,66?,69-,70-,71+,72+,73+/m0/s1. The number of aliphatic hydroxyl groups is 17. The van der Waals surface area contributed by atoms with Gasteiger partial charge in [-0.15, -0.1) is 0 Å². The monoisotopic (exact) mass is 1580 g/mol. The van der Waals surface area contributed by atoms with E-state index in [-0.39, 0.29) is 38.1 Å². The fourth-order valence-electron chi connectivity index (χ4n) is 20.8. The van der Waals surface area contributed by atoms with Gasteiger partial charge in [0.1, 0.15) is 128 Å². The average Bonchev–Trinajstić information content (AvgIpc) is 0.669. The zero-order chi connectivity index (χ0) is 80.3. The smallest absolute Gasteiger partial charge is 0.317 e. The van der Waals surface area contributed by atoms with Crippen LogP contribution in [-0.2, 0) is 95.0 Å². The molecule has 0 aromatic rings. The molecule has 7 saturated heterocycles. The highest BCUT2D eigenvalue weighted by Gasteiger charge is 2.74. The fraction of sp³-hybridized carbons (Fsp3) is 0.918. The maximum absolute atomic E-state index is 16.3. The second-order valence-electron chi connectivity index (χ2n) is 34.3. The van der Waals surface area contributed by atoms with Crippen LogP contribution in [0.1, 0.15) is 127 Å². The number of fused-ring (bicyclic) bond motifs is 7. The van der Waals surface area contributed by atoms with Crippen LogP contribution in [-0.4, -0.2) is 346 Å². The van der Waals surface area contributed by atoms with E-state index >= 15 is 4.79 Å². The number of carbonyl (C=O) groups is 4. The molecule has 5 aliphatic carbocycles. The van der Waals surface area contributed by atoms with Gasteiger partial charge in [0.05, 0.1) is 61.2 Å². The van der Waals surface area contributed by atoms with Gasteiger partial charge in [0.25, 0.3) is 6.47 Å². The Balaban J connectivity index is 0.850. The van der Waals surface area contributed by atoms with Crippen molar-refractivity contribution in [1.82, 2.24) is 0 Å². The van der Waals surface area contributed by atoms with Crippen molar-refractivity contribution in [3.8, 4) is 0 Å². The third-order valence-corrected chi connectivity index (χ3v) is 27.3. The van der Waals surface area contributed by atoms with Crippen LogP contribution in [0.25, 0.3) is 0 Å². The van der Waals surface area contributed by atoms with Gasteiger partial charge in [0.15, 0.2) is 49.9 Å². The van der Waals surface area contributed by atoms with Crippen molar-refractivity contribution >= 4 is 24.7 Å². The molecule has 0 spiro atoms. The number of hydrogen-bond acceptors (Lipinski definition) is 37. The number of aliphatic hydroxyl groups excluding tert-OH is 17. The molecule has 34 unspecified atom stereocenters. The van der Waals surface area contributed by atoms with Crippen LogP contribution >= 0.6 is 0 Å². The van der Waals surface area contributed by atoms with Crippen LogP contribution in [0, 0.1) is 56.2 Å². The number of aldehydes is 1. The Bertz CT molecular complexity index is 3210. The van der Waals surface area contributed by atoms with E-state index in [0.29, 0.717) is 32.1 Å². The Labute approximate surface area is 634 Å². The maximum Gasteiger partial charge on any atom is 0.317 e. The predicted molar refractivity (Wildman–Crippen MR) is 360 cm³/mol. The molecule has 44 atom stereocenters. The molecule has 110 heavy (non-hydrogen) atoms. The minimum absolute atomic E-state index is 0.0181. The van der Waals surface area contributed by atoms with Crippen molar-refractivity contribution in [2.24, 2.45) is 56.2 Å². The quantitative estimate of drug-likeness (QED) is 0.0178. The van der Waals surface area contributed by atoms with Gasteiger partial charge in [-0.25, -0.2) is 0 Å². The molecule has 628 valence electrons. The molecule has 0 aromatic carbocycles. The summed E-state index contributed by atoms with van der Waals surface area (Å²) < 4.78 is 97.6. The molecule has 11 fully saturated rings. The maximum atomic E-state index is 16.3. The number of ether oxygens (including phenoxy) is 16. The highest BCUT2D eigenvalue weighted by Crippen LogP contribution is 2.76. The Hall–Kier alpha value is -3.38. The largest absolute Gasteiger partial charge is 0.457 e. The molecule has 7 aliphatic heterocycles. The van der Waals surface area contributed by atoms with Gasteiger partial charge in [0.2, 0.25) is 12.6 Å². The number of rotatable bonds is 20. The van der Waals surface area contributed by atoms with Crippen LogP contribution in [0.3, 0.4) is 0 Å². The lowest BCUT2D eigenvalue weighted by Crippen LogP contribution is -2.70. The molecule has 37 nitrogen and oxygen atoms in total. The first-order valence-electron chi connectivity index (χ1n) is 38.3. The second-order valence-corrected chi connectivity index (χ2v) is 34.3. The van der Waals surface area contributed by atoms with E-state index in [1.807, 2.05) is 0 Å². The molecule has 12 rings (SSSR count). The molecule has 37 heteroatoms. The summed E-state index contributed by atoms with van der Waals surface area (Å²) in [7, 11) is 0. The normalized spacial score (nSPS) is 54.3. The summed E-state index contributed by atoms with van der Waals surface area (Å²) in [6.45, 7) is 15.8. The lowest BCUT2D eigenvalue weighted by molar-refractivity contribution is -0.410. The summed E-state index contributed by atoms with van der Waals surface area (Å²) in [5, 5.41) is 189. The lowest BCUT2D eigenvalue weighted by atomic mass is 9.32. The van der Waals surface area contributed by atoms with Crippen LogP contribution in [0.2, 0.25) is 0 Å². The first-order chi connectivity index (χ1) is 51.7. The third-order valence-electron chi connectivity index (χ3n) is 27.3. The van der Waals surface area contributed by atoms with Gasteiger partial charge in [-0.1, -0.05) is 60.6 Å². The van der Waals surface area contributed by atoms with Crippen molar-refractivity contribution in [2.75, 3.05) is 19.8 Å². The van der Waals surface area contributed by atoms with Gasteiger partial charge in [-0.3, -0.25) is 14.4 Å². The van der Waals surface area contributed by atoms with Crippen LogP contribution in [0.5, 0.6) is 0 Å². The topological polar surface area (TPSA) is 560 Å². The van der Waals surface area contributed by atoms with Gasteiger partial charge in [-0.05, 0) is 117 Å². The number of esters is 2. The van der Waals surface area contributed by atoms with E-state index in [1.165, 1.54) is 13.8 Å². The second kappa shape index (κ2) is 32.8. The minimum Gasteiger partial charge on any atom is -0.457 e. The SMILES string of the molecule is CCC1OC(OC2C(OC(C)=O)C(C)OC(OC(=O)[C@]34CCC(C)(C)C[C@H]3C3C=C[C@@H]5[C@@]6(C)CC[C@H](OC7OC(OC=O)C(O)C(OC8OCC(O)C(O)C8O)C7OC7OC(CO)C(O)C(O)C7O)[C@@](C)(C=O)[C@@H]6CC[C@@]5(C)[C@]3(C)C[C@H]4O)C2OC2OC(C)C(OC3OCC(O)C(O)C3O)C(O)C2O)C(O)C(O)C1O. The number of allylic oxidation sites excluding steroid dienone is 2. The predicted octanol–water partition coefficient (Wildman–Crippen LogP) is -5.10. The van der Waals surface area contributed by atoms with E-state index in [2.05, 4.69) is 46.8 Å². The molecule has 0 radical (unpaired) electrons. The van der Waals surface area contributed by atoms with E-state index in [4.69, 9.17) is 75.8 Å². The van der Waals surface area contributed by atoms with Gasteiger partial charge >= 0.3 is 11.9 Å². The van der Waals surface area contributed by atoms with Crippen molar-refractivity contribution in [1.29, 1.82) is 0 Å². The first kappa shape index (κ1) is 86.0. The summed E-state index contributed by atoms with van der Waals surface area (Å²) >= 11 is 0. The summed E-state index contributed by atoms with van der Waals surface area (Å²) in [5.74, 6) is -3.85. The molecule has 7 heterocycles. The zero-order valence-corrected chi connectivity index (χ0v) is 63.1. The Morgan fingerprint density at radius 2 is 1.01 bits per heavy atom. The van der Waals surface area contributed by atoms with E-state index in [9.17, 15) is 101 Å². The van der Waals surface area contributed by atoms with Crippen molar-refractivity contribution < 1.29 is 182 Å². The third kappa shape index (κ3) is 15.0. The van der Waals surface area contributed by atoms with Crippen molar-refractivity contribution in [3.63, 3.8) is 0 Å². The highest BCUT2D eigenvalue weighted by atomic mass is 16.8. The zero-order valence-electron chi connectivity index (χ0n) is 63.1. The summed E-state index contributed by atoms with van der Waals surface area (Å²) in [6, 6.07) is 0. The van der Waals surface area contributed by atoms with Crippen LogP contribution < -0.4 is 0 Å². The molecule has 17 N–H and O–H groups in total. The molecule has 0 bridgehead atoms. The molecule has 0 amide bonds.